The third kappa shape index (κ3) is 3.15. The quantitative estimate of drug-likeness (QED) is 0.456. The summed E-state index contributed by atoms with van der Waals surface area (Å²) in [4.78, 5) is 51.1. The molecule has 0 aromatic rings. The number of fused-ring (bicyclic) bond motifs is 5. The third-order valence-corrected chi connectivity index (χ3v) is 8.52. The van der Waals surface area contributed by atoms with E-state index >= 15 is 0 Å². The van der Waals surface area contributed by atoms with E-state index in [0.29, 0.717) is 12.8 Å². The number of ketones is 2. The maximum absolute atomic E-state index is 13.7. The number of allylic oxidation sites excluding steroid dienone is 4. The van der Waals surface area contributed by atoms with Crippen LogP contribution in [0.3, 0.4) is 0 Å². The second-order valence-electron chi connectivity index (χ2n) is 9.73. The van der Waals surface area contributed by atoms with Crippen molar-refractivity contribution in [2.24, 2.45) is 28.6 Å². The van der Waals surface area contributed by atoms with Gasteiger partial charge in [-0.25, -0.2) is 9.59 Å². The molecule has 0 radical (unpaired) electrons. The van der Waals surface area contributed by atoms with Crippen LogP contribution >= 0.6 is 11.6 Å². The summed E-state index contributed by atoms with van der Waals surface area (Å²) in [6.45, 7) is 5.62. The number of halogens is 1. The van der Waals surface area contributed by atoms with Gasteiger partial charge in [-0.15, -0.1) is 0 Å². The van der Waals surface area contributed by atoms with Crippen molar-refractivity contribution >= 4 is 35.3 Å². The summed E-state index contributed by atoms with van der Waals surface area (Å²) >= 11 is 5.68. The first-order chi connectivity index (χ1) is 15.1. The zero-order valence-corrected chi connectivity index (χ0v) is 19.4. The summed E-state index contributed by atoms with van der Waals surface area (Å²) in [6, 6.07) is -0.376. The average Bonchev–Trinajstić information content (AvgIpc) is 3.01. The molecule has 4 rings (SSSR count). The normalized spacial score (nSPS) is 40.0. The van der Waals surface area contributed by atoms with Crippen molar-refractivity contribution in [3.63, 3.8) is 0 Å². The number of hydrogen-bond acceptors (Lipinski definition) is 7. The fourth-order valence-corrected chi connectivity index (χ4v) is 7.12. The van der Waals surface area contributed by atoms with Gasteiger partial charge in [0.05, 0.1) is 6.61 Å². The molecule has 0 unspecified atom stereocenters. The lowest BCUT2D eigenvalue weighted by molar-refractivity contribution is -0.190. The molecular formula is C24H29ClO7. The van der Waals surface area contributed by atoms with Crippen molar-refractivity contribution in [3.8, 4) is 0 Å². The number of Topliss-reactive ketones (excluding diaryl/α,β-unsaturated/α-hetero) is 1. The maximum Gasteiger partial charge on any atom is 0.509 e. The van der Waals surface area contributed by atoms with Crippen molar-refractivity contribution in [3.05, 3.63) is 23.8 Å². The van der Waals surface area contributed by atoms with Crippen LogP contribution < -0.4 is 0 Å². The standard InChI is InChI=1S/C24H29ClO7/c1-4-30-21(29)32-24(20(28)31-13-25)10-8-17-16-6-5-14-11-15(26)7-9-22(14,2)19(16)18(27)12-23(17,24)3/h7,9,11,16-17,19H,4-6,8,10,12-13H2,1-3H3/t16-,17-,19+,22-,23-,24-/m0/s1. The molecule has 32 heavy (non-hydrogen) atoms. The van der Waals surface area contributed by atoms with E-state index in [2.05, 4.69) is 0 Å². The monoisotopic (exact) mass is 464 g/mol. The largest absolute Gasteiger partial charge is 0.509 e. The van der Waals surface area contributed by atoms with E-state index in [-0.39, 0.29) is 54.8 Å². The summed E-state index contributed by atoms with van der Waals surface area (Å²) in [5, 5.41) is 0. The lowest BCUT2D eigenvalue weighted by Gasteiger charge is -2.56. The summed E-state index contributed by atoms with van der Waals surface area (Å²) in [5.41, 5.74) is -2.09. The molecule has 6 atom stereocenters. The molecule has 0 aromatic carbocycles. The molecule has 0 saturated heterocycles. The number of ether oxygens (including phenoxy) is 3. The van der Waals surface area contributed by atoms with Gasteiger partial charge in [0.2, 0.25) is 5.60 Å². The Morgan fingerprint density at radius 3 is 2.62 bits per heavy atom. The number of hydrogen-bond donors (Lipinski definition) is 0. The SMILES string of the molecule is CCOC(=O)O[C@]1(C(=O)OCCl)CC[C@H]2[C@@H]3CCC4=CC(=O)C=C[C@]4(C)[C@H]3C(=O)C[C@@]21C. The Hall–Kier alpha value is -2.15. The molecule has 3 fully saturated rings. The molecule has 3 saturated carbocycles. The topological polar surface area (TPSA) is 96.0 Å². The first-order valence-corrected chi connectivity index (χ1v) is 11.7. The number of rotatable bonds is 4. The molecule has 4 aliphatic rings. The van der Waals surface area contributed by atoms with Crippen molar-refractivity contribution < 1.29 is 33.4 Å². The molecule has 0 N–H and O–H groups in total. The molecule has 0 heterocycles. The first kappa shape index (κ1) is 23.0. The van der Waals surface area contributed by atoms with Gasteiger partial charge in [-0.2, -0.15) is 0 Å². The molecule has 0 amide bonds. The van der Waals surface area contributed by atoms with Crippen LogP contribution in [0.15, 0.2) is 23.8 Å². The molecule has 4 aliphatic carbocycles. The Morgan fingerprint density at radius 1 is 1.19 bits per heavy atom. The van der Waals surface area contributed by atoms with E-state index in [9.17, 15) is 19.2 Å². The van der Waals surface area contributed by atoms with Crippen LogP contribution in [0.5, 0.6) is 0 Å². The minimum atomic E-state index is -1.63. The highest BCUT2D eigenvalue weighted by Crippen LogP contribution is 2.67. The minimum Gasteiger partial charge on any atom is -0.446 e. The van der Waals surface area contributed by atoms with Crippen LogP contribution in [0.25, 0.3) is 0 Å². The Labute approximate surface area is 192 Å². The highest BCUT2D eigenvalue weighted by atomic mass is 35.5. The van der Waals surface area contributed by atoms with Crippen LogP contribution in [-0.4, -0.2) is 42.0 Å². The number of carbonyl (C=O) groups is 4. The predicted octanol–water partition coefficient (Wildman–Crippen LogP) is 4.12. The molecule has 8 heteroatoms. The second-order valence-corrected chi connectivity index (χ2v) is 9.95. The van der Waals surface area contributed by atoms with E-state index in [4.69, 9.17) is 25.8 Å². The maximum atomic E-state index is 13.7. The Kier molecular flexibility index (Phi) is 5.76. The van der Waals surface area contributed by atoms with Gasteiger partial charge >= 0.3 is 12.1 Å². The smallest absolute Gasteiger partial charge is 0.446 e. The Balaban J connectivity index is 1.74. The van der Waals surface area contributed by atoms with Gasteiger partial charge in [0, 0.05) is 23.2 Å². The number of alkyl halides is 1. The lowest BCUT2D eigenvalue weighted by Crippen LogP contribution is -2.61. The first-order valence-electron chi connectivity index (χ1n) is 11.2. The van der Waals surface area contributed by atoms with Crippen LogP contribution in [0.2, 0.25) is 0 Å². The molecule has 0 bridgehead atoms. The van der Waals surface area contributed by atoms with Crippen LogP contribution in [-0.2, 0) is 28.6 Å². The van der Waals surface area contributed by atoms with Crippen LogP contribution in [0.1, 0.15) is 52.9 Å². The van der Waals surface area contributed by atoms with Gasteiger partial charge in [-0.3, -0.25) is 9.59 Å². The third-order valence-electron chi connectivity index (χ3n) is 8.41. The van der Waals surface area contributed by atoms with Crippen molar-refractivity contribution in [2.75, 3.05) is 12.7 Å². The average molecular weight is 465 g/mol. The summed E-state index contributed by atoms with van der Waals surface area (Å²) in [5.74, 6) is -1.09. The predicted molar refractivity (Wildman–Crippen MR) is 115 cm³/mol. The van der Waals surface area contributed by atoms with E-state index in [0.717, 1.165) is 12.0 Å². The Bertz CT molecular complexity index is 923. The zero-order chi connectivity index (χ0) is 23.3. The van der Waals surface area contributed by atoms with E-state index < -0.39 is 28.6 Å². The van der Waals surface area contributed by atoms with Crippen molar-refractivity contribution in [2.45, 2.75) is 58.5 Å². The van der Waals surface area contributed by atoms with Crippen LogP contribution in [0, 0.1) is 28.6 Å². The fraction of sp³-hybridized carbons (Fsp3) is 0.667. The molecule has 0 spiro atoms. The van der Waals surface area contributed by atoms with Crippen LogP contribution in [0.4, 0.5) is 4.79 Å². The van der Waals surface area contributed by atoms with Gasteiger partial charge in [0.15, 0.2) is 11.8 Å². The van der Waals surface area contributed by atoms with E-state index in [1.165, 1.54) is 0 Å². The number of carbonyl (C=O) groups excluding carboxylic acids is 4. The molecule has 174 valence electrons. The number of esters is 1. The zero-order valence-electron chi connectivity index (χ0n) is 18.6. The van der Waals surface area contributed by atoms with Gasteiger partial charge in [0.25, 0.3) is 0 Å². The van der Waals surface area contributed by atoms with Gasteiger partial charge in [-0.1, -0.05) is 37.1 Å². The van der Waals surface area contributed by atoms with Gasteiger partial charge in [0.1, 0.15) is 5.78 Å². The van der Waals surface area contributed by atoms with Gasteiger partial charge in [-0.05, 0) is 56.6 Å². The fourth-order valence-electron chi connectivity index (χ4n) is 7.02. The molecular weight excluding hydrogens is 436 g/mol. The summed E-state index contributed by atoms with van der Waals surface area (Å²) in [7, 11) is 0. The lowest BCUT2D eigenvalue weighted by atomic mass is 9.47. The Morgan fingerprint density at radius 2 is 1.94 bits per heavy atom. The summed E-state index contributed by atoms with van der Waals surface area (Å²) < 4.78 is 15.8. The van der Waals surface area contributed by atoms with Crippen molar-refractivity contribution in [1.82, 2.24) is 0 Å². The highest BCUT2D eigenvalue weighted by Gasteiger charge is 2.71. The minimum absolute atomic E-state index is 0.00211. The van der Waals surface area contributed by atoms with E-state index in [1.807, 2.05) is 19.9 Å². The van der Waals surface area contributed by atoms with Gasteiger partial charge < -0.3 is 14.2 Å². The molecule has 0 aromatic heterocycles. The second kappa shape index (κ2) is 8.01. The highest BCUT2D eigenvalue weighted by molar-refractivity contribution is 6.17. The molecule has 0 aliphatic heterocycles. The summed E-state index contributed by atoms with van der Waals surface area (Å²) in [6.07, 6.45) is 6.51. The van der Waals surface area contributed by atoms with E-state index in [1.54, 1.807) is 19.1 Å². The van der Waals surface area contributed by atoms with Crippen molar-refractivity contribution in [1.29, 1.82) is 0 Å². The molecule has 7 nitrogen and oxygen atoms in total.